The number of anilines is 1. The molecule has 112 valence electrons. The van der Waals surface area contributed by atoms with E-state index in [1.165, 1.54) is 19.3 Å². The molecule has 2 rings (SSSR count). The van der Waals surface area contributed by atoms with Crippen molar-refractivity contribution < 1.29 is 4.39 Å². The van der Waals surface area contributed by atoms with Crippen molar-refractivity contribution in [2.75, 3.05) is 24.5 Å². The van der Waals surface area contributed by atoms with Crippen LogP contribution in [0.25, 0.3) is 0 Å². The van der Waals surface area contributed by atoms with Crippen LogP contribution in [0.1, 0.15) is 45.1 Å². The molecule has 0 spiro atoms. The third kappa shape index (κ3) is 3.72. The number of hydrogen-bond acceptors (Lipinski definition) is 2. The number of para-hydroxylation sites is 1. The van der Waals surface area contributed by atoms with Crippen LogP contribution in [0.5, 0.6) is 0 Å². The van der Waals surface area contributed by atoms with Crippen molar-refractivity contribution in [2.45, 2.75) is 46.1 Å². The van der Waals surface area contributed by atoms with Gasteiger partial charge in [0.25, 0.3) is 0 Å². The van der Waals surface area contributed by atoms with Crippen LogP contribution in [0.3, 0.4) is 0 Å². The van der Waals surface area contributed by atoms with Crippen LogP contribution in [-0.2, 0) is 6.54 Å². The second-order valence-corrected chi connectivity index (χ2v) is 5.79. The van der Waals surface area contributed by atoms with E-state index in [4.69, 9.17) is 0 Å². The first-order valence-corrected chi connectivity index (χ1v) is 7.99. The zero-order valence-corrected chi connectivity index (χ0v) is 12.8. The Morgan fingerprint density at radius 1 is 1.35 bits per heavy atom. The molecule has 0 aliphatic carbocycles. The second kappa shape index (κ2) is 7.63. The summed E-state index contributed by atoms with van der Waals surface area (Å²) in [6.07, 6.45) is 4.75. The van der Waals surface area contributed by atoms with E-state index in [-0.39, 0.29) is 5.82 Å². The predicted octanol–water partition coefficient (Wildman–Crippen LogP) is 3.95. The Labute approximate surface area is 122 Å². The van der Waals surface area contributed by atoms with Gasteiger partial charge in [0.15, 0.2) is 0 Å². The van der Waals surface area contributed by atoms with Gasteiger partial charge in [-0.15, -0.1) is 0 Å². The van der Waals surface area contributed by atoms with Gasteiger partial charge in [0, 0.05) is 19.6 Å². The van der Waals surface area contributed by atoms with E-state index in [9.17, 15) is 4.39 Å². The van der Waals surface area contributed by atoms with E-state index in [1.807, 2.05) is 6.07 Å². The smallest absolute Gasteiger partial charge is 0.146 e. The van der Waals surface area contributed by atoms with Crippen molar-refractivity contribution >= 4 is 5.69 Å². The van der Waals surface area contributed by atoms with Crippen molar-refractivity contribution in [3.05, 3.63) is 29.6 Å². The molecule has 1 aliphatic rings. The van der Waals surface area contributed by atoms with E-state index in [2.05, 4.69) is 30.1 Å². The third-order valence-electron chi connectivity index (χ3n) is 4.23. The lowest BCUT2D eigenvalue weighted by Gasteiger charge is -2.35. The number of halogens is 1. The predicted molar refractivity (Wildman–Crippen MR) is 83.6 cm³/mol. The first-order valence-electron chi connectivity index (χ1n) is 7.99. The maximum atomic E-state index is 14.3. The van der Waals surface area contributed by atoms with Crippen LogP contribution >= 0.6 is 0 Å². The Bertz CT molecular complexity index is 419. The molecule has 1 saturated heterocycles. The molecule has 1 heterocycles. The summed E-state index contributed by atoms with van der Waals surface area (Å²) < 4.78 is 14.3. The van der Waals surface area contributed by atoms with E-state index in [0.29, 0.717) is 5.92 Å². The van der Waals surface area contributed by atoms with Crippen molar-refractivity contribution in [3.63, 3.8) is 0 Å². The first-order chi connectivity index (χ1) is 9.76. The van der Waals surface area contributed by atoms with Gasteiger partial charge in [-0.1, -0.05) is 32.4 Å². The zero-order chi connectivity index (χ0) is 14.4. The molecule has 1 fully saturated rings. The maximum Gasteiger partial charge on any atom is 0.146 e. The molecule has 20 heavy (non-hydrogen) atoms. The summed E-state index contributed by atoms with van der Waals surface area (Å²) in [5, 5.41) is 3.39. The summed E-state index contributed by atoms with van der Waals surface area (Å²) in [7, 11) is 0. The third-order valence-corrected chi connectivity index (χ3v) is 4.23. The Kier molecular flexibility index (Phi) is 5.84. The fourth-order valence-corrected chi connectivity index (χ4v) is 3.06. The summed E-state index contributed by atoms with van der Waals surface area (Å²) >= 11 is 0. The molecule has 1 aromatic carbocycles. The fourth-order valence-electron chi connectivity index (χ4n) is 3.06. The first kappa shape index (κ1) is 15.3. The van der Waals surface area contributed by atoms with E-state index >= 15 is 0 Å². The molecule has 1 atom stereocenters. The number of rotatable bonds is 6. The fraction of sp³-hybridized carbons (Fsp3) is 0.647. The molecule has 0 saturated carbocycles. The SMILES string of the molecule is CCCNCc1cccc(F)c1N1CCCC(CC)C1. The summed E-state index contributed by atoms with van der Waals surface area (Å²) in [6, 6.07) is 5.47. The van der Waals surface area contributed by atoms with Crippen LogP contribution in [-0.4, -0.2) is 19.6 Å². The number of nitrogens with one attached hydrogen (secondary N) is 1. The largest absolute Gasteiger partial charge is 0.369 e. The van der Waals surface area contributed by atoms with Gasteiger partial charge in [-0.25, -0.2) is 4.39 Å². The van der Waals surface area contributed by atoms with Crippen molar-refractivity contribution in [1.29, 1.82) is 0 Å². The minimum atomic E-state index is -0.0717. The summed E-state index contributed by atoms with van der Waals surface area (Å²) in [5.74, 6) is 0.636. The molecular weight excluding hydrogens is 251 g/mol. The average molecular weight is 278 g/mol. The number of benzene rings is 1. The van der Waals surface area contributed by atoms with Crippen LogP contribution in [0, 0.1) is 11.7 Å². The molecule has 1 aromatic rings. The monoisotopic (exact) mass is 278 g/mol. The van der Waals surface area contributed by atoms with E-state index < -0.39 is 0 Å². The molecule has 1 unspecified atom stereocenters. The van der Waals surface area contributed by atoms with E-state index in [0.717, 1.165) is 43.9 Å². The number of hydrogen-bond donors (Lipinski definition) is 1. The highest BCUT2D eigenvalue weighted by Crippen LogP contribution is 2.30. The van der Waals surface area contributed by atoms with Crippen LogP contribution < -0.4 is 10.2 Å². The number of nitrogens with zero attached hydrogens (tertiary/aromatic N) is 1. The molecule has 0 bridgehead atoms. The molecule has 0 radical (unpaired) electrons. The highest BCUT2D eigenvalue weighted by molar-refractivity contribution is 5.55. The molecule has 1 N–H and O–H groups in total. The number of piperidine rings is 1. The van der Waals surface area contributed by atoms with Crippen LogP contribution in [0.4, 0.5) is 10.1 Å². The lowest BCUT2D eigenvalue weighted by atomic mass is 9.94. The molecular formula is C17H27FN2. The van der Waals surface area contributed by atoms with Crippen molar-refractivity contribution in [2.24, 2.45) is 5.92 Å². The topological polar surface area (TPSA) is 15.3 Å². The maximum absolute atomic E-state index is 14.3. The second-order valence-electron chi connectivity index (χ2n) is 5.79. The molecule has 1 aliphatic heterocycles. The van der Waals surface area contributed by atoms with Gasteiger partial charge >= 0.3 is 0 Å². The Hall–Kier alpha value is -1.09. The minimum absolute atomic E-state index is 0.0717. The Balaban J connectivity index is 2.15. The standard InChI is InChI=1S/C17H27FN2/c1-3-10-19-12-15-8-5-9-16(18)17(15)20-11-6-7-14(4-2)13-20/h5,8-9,14,19H,3-4,6-7,10-13H2,1-2H3. The zero-order valence-electron chi connectivity index (χ0n) is 12.8. The Morgan fingerprint density at radius 3 is 2.95 bits per heavy atom. The normalized spacial score (nSPS) is 19.4. The van der Waals surface area contributed by atoms with Gasteiger partial charge in [-0.05, 0) is 43.4 Å². The highest BCUT2D eigenvalue weighted by atomic mass is 19.1. The summed E-state index contributed by atoms with van der Waals surface area (Å²) in [4.78, 5) is 2.26. The molecule has 3 heteroatoms. The summed E-state index contributed by atoms with van der Waals surface area (Å²) in [5.41, 5.74) is 1.92. The minimum Gasteiger partial charge on any atom is -0.369 e. The quantitative estimate of drug-likeness (QED) is 0.793. The van der Waals surface area contributed by atoms with Gasteiger partial charge in [-0.3, -0.25) is 0 Å². The molecule has 2 nitrogen and oxygen atoms in total. The molecule has 0 amide bonds. The van der Waals surface area contributed by atoms with Crippen molar-refractivity contribution in [1.82, 2.24) is 5.32 Å². The lowest BCUT2D eigenvalue weighted by molar-refractivity contribution is 0.401. The van der Waals surface area contributed by atoms with Gasteiger partial charge in [-0.2, -0.15) is 0 Å². The van der Waals surface area contributed by atoms with Crippen molar-refractivity contribution in [3.8, 4) is 0 Å². The van der Waals surface area contributed by atoms with Crippen LogP contribution in [0.15, 0.2) is 18.2 Å². The Morgan fingerprint density at radius 2 is 2.20 bits per heavy atom. The van der Waals surface area contributed by atoms with Gasteiger partial charge < -0.3 is 10.2 Å². The molecule has 0 aromatic heterocycles. The lowest BCUT2D eigenvalue weighted by Crippen LogP contribution is -2.36. The van der Waals surface area contributed by atoms with E-state index in [1.54, 1.807) is 6.07 Å². The summed E-state index contributed by atoms with van der Waals surface area (Å²) in [6.45, 7) is 8.10. The van der Waals surface area contributed by atoms with Crippen LogP contribution in [0.2, 0.25) is 0 Å². The van der Waals surface area contributed by atoms with Gasteiger partial charge in [0.1, 0.15) is 5.82 Å². The highest BCUT2D eigenvalue weighted by Gasteiger charge is 2.22. The van der Waals surface area contributed by atoms with Gasteiger partial charge in [0.05, 0.1) is 5.69 Å². The van der Waals surface area contributed by atoms with Gasteiger partial charge in [0.2, 0.25) is 0 Å². The average Bonchev–Trinajstić information content (AvgIpc) is 2.48.